The number of hydrogen-bond donors (Lipinski definition) is 2. The molecular formula is C20H20ClN5O4S2. The third kappa shape index (κ3) is 5.47. The lowest BCUT2D eigenvalue weighted by Gasteiger charge is -2.09. The zero-order chi connectivity index (χ0) is 22.5. The van der Waals surface area contributed by atoms with E-state index in [4.69, 9.17) is 20.9 Å². The molecule has 1 unspecified atom stereocenters. The van der Waals surface area contributed by atoms with Gasteiger partial charge in [0.25, 0.3) is 5.91 Å². The molecule has 3 aromatic rings. The Balaban J connectivity index is 1.35. The number of hydrogen-bond acceptors (Lipinski definition) is 9. The Bertz CT molecular complexity index is 1110. The lowest BCUT2D eigenvalue weighted by atomic mass is 10.1. The number of ether oxygens (including phenoxy) is 1. The number of amides is 2. The maximum atomic E-state index is 12.9. The molecule has 0 aliphatic carbocycles. The molecule has 0 radical (unpaired) electrons. The number of aryl methyl sites for hydroxylation is 1. The molecule has 1 fully saturated rings. The zero-order valence-electron chi connectivity index (χ0n) is 17.1. The highest BCUT2D eigenvalue weighted by molar-refractivity contribution is 8.01. The number of rotatable bonds is 8. The van der Waals surface area contributed by atoms with Crippen LogP contribution in [-0.4, -0.2) is 52.2 Å². The second kappa shape index (κ2) is 10.4. The van der Waals surface area contributed by atoms with E-state index >= 15 is 0 Å². The van der Waals surface area contributed by atoms with E-state index in [0.29, 0.717) is 38.1 Å². The molecule has 9 nitrogen and oxygen atoms in total. The summed E-state index contributed by atoms with van der Waals surface area (Å²) in [5.41, 5.74) is 1.22. The molecule has 2 amide bonds. The first kappa shape index (κ1) is 22.7. The topological polar surface area (TPSA) is 119 Å². The van der Waals surface area contributed by atoms with E-state index in [9.17, 15) is 9.59 Å². The van der Waals surface area contributed by atoms with Crippen LogP contribution in [0.4, 0.5) is 5.13 Å². The highest BCUT2D eigenvalue weighted by atomic mass is 35.5. The third-order valence-electron chi connectivity index (χ3n) is 4.72. The first-order valence-electron chi connectivity index (χ1n) is 9.88. The average Bonchev–Trinajstić information content (AvgIpc) is 3.52. The molecule has 1 aliphatic rings. The number of aromatic nitrogens is 3. The second-order valence-electron chi connectivity index (χ2n) is 7.00. The minimum atomic E-state index is -0.430. The molecular weight excluding hydrogens is 474 g/mol. The summed E-state index contributed by atoms with van der Waals surface area (Å²) >= 11 is 8.69. The van der Waals surface area contributed by atoms with Crippen LogP contribution in [0.5, 0.6) is 0 Å². The molecule has 0 saturated carbocycles. The summed E-state index contributed by atoms with van der Waals surface area (Å²) < 4.78 is 11.3. The van der Waals surface area contributed by atoms with E-state index < -0.39 is 5.91 Å². The van der Waals surface area contributed by atoms with E-state index in [1.165, 1.54) is 23.1 Å². The minimum Gasteiger partial charge on any atom is -0.376 e. The fourth-order valence-electron chi connectivity index (χ4n) is 3.17. The van der Waals surface area contributed by atoms with Crippen LogP contribution in [0.2, 0.25) is 5.02 Å². The molecule has 168 valence electrons. The van der Waals surface area contributed by atoms with Crippen LogP contribution < -0.4 is 10.6 Å². The lowest BCUT2D eigenvalue weighted by molar-refractivity contribution is -0.119. The van der Waals surface area contributed by atoms with Crippen molar-refractivity contribution in [1.82, 2.24) is 20.7 Å². The fraction of sp³-hybridized carbons (Fsp3) is 0.350. The van der Waals surface area contributed by atoms with Crippen LogP contribution in [-0.2, 0) is 9.53 Å². The van der Waals surface area contributed by atoms with E-state index in [1.807, 2.05) is 0 Å². The summed E-state index contributed by atoms with van der Waals surface area (Å²) in [6.07, 6.45) is 2.10. The van der Waals surface area contributed by atoms with Gasteiger partial charge in [-0.05, 0) is 25.8 Å². The standard InChI is InChI=1S/C20H20ClN5O4S2/c1-11-16(17(26-30-11)13-6-2-3-7-14(13)21)18(28)23-19-24-25-20(32-19)31-10-15(27)22-9-12-5-4-8-29-12/h2-3,6-7,12H,4-5,8-10H2,1H3,(H,22,27)(H,23,24,28). The van der Waals surface area contributed by atoms with Crippen LogP contribution in [0.1, 0.15) is 29.0 Å². The van der Waals surface area contributed by atoms with Gasteiger partial charge in [-0.25, -0.2) is 0 Å². The minimum absolute atomic E-state index is 0.101. The molecule has 0 spiro atoms. The summed E-state index contributed by atoms with van der Waals surface area (Å²) in [7, 11) is 0. The van der Waals surface area contributed by atoms with Crippen molar-refractivity contribution in [2.24, 2.45) is 0 Å². The largest absolute Gasteiger partial charge is 0.376 e. The van der Waals surface area contributed by atoms with Gasteiger partial charge in [-0.1, -0.05) is 58.1 Å². The van der Waals surface area contributed by atoms with Crippen molar-refractivity contribution >= 4 is 51.6 Å². The number of thioether (sulfide) groups is 1. The Hall–Kier alpha value is -2.47. The molecule has 1 saturated heterocycles. The third-order valence-corrected chi connectivity index (χ3v) is 7.02. The Morgan fingerprint density at radius 1 is 1.31 bits per heavy atom. The smallest absolute Gasteiger partial charge is 0.263 e. The number of nitrogens with zero attached hydrogens (tertiary/aromatic N) is 3. The predicted molar refractivity (Wildman–Crippen MR) is 122 cm³/mol. The number of halogens is 1. The molecule has 4 rings (SSSR count). The molecule has 1 aromatic carbocycles. The molecule has 2 N–H and O–H groups in total. The number of nitrogens with one attached hydrogen (secondary N) is 2. The average molecular weight is 494 g/mol. The first-order chi connectivity index (χ1) is 15.5. The number of carbonyl (C=O) groups excluding carboxylic acids is 2. The lowest BCUT2D eigenvalue weighted by Crippen LogP contribution is -2.32. The van der Waals surface area contributed by atoms with Crippen molar-refractivity contribution in [3.8, 4) is 11.3 Å². The number of anilines is 1. The van der Waals surface area contributed by atoms with E-state index in [2.05, 4.69) is 26.0 Å². The van der Waals surface area contributed by atoms with Gasteiger partial charge in [0.1, 0.15) is 17.0 Å². The van der Waals surface area contributed by atoms with Gasteiger partial charge >= 0.3 is 0 Å². The molecule has 12 heteroatoms. The SMILES string of the molecule is Cc1onc(-c2ccccc2Cl)c1C(=O)Nc1nnc(SCC(=O)NCC2CCCO2)s1. The van der Waals surface area contributed by atoms with Crippen LogP contribution in [0.15, 0.2) is 33.1 Å². The maximum Gasteiger partial charge on any atom is 0.263 e. The summed E-state index contributed by atoms with van der Waals surface area (Å²) in [6, 6.07) is 7.08. The van der Waals surface area contributed by atoms with Gasteiger partial charge in [0, 0.05) is 18.7 Å². The normalized spacial score (nSPS) is 15.6. The molecule has 32 heavy (non-hydrogen) atoms. The quantitative estimate of drug-likeness (QED) is 0.359. The van der Waals surface area contributed by atoms with Gasteiger partial charge in [0.05, 0.1) is 16.9 Å². The van der Waals surface area contributed by atoms with Crippen molar-refractivity contribution in [1.29, 1.82) is 0 Å². The van der Waals surface area contributed by atoms with Gasteiger partial charge in [-0.2, -0.15) is 0 Å². The van der Waals surface area contributed by atoms with Crippen molar-refractivity contribution in [3.05, 3.63) is 40.6 Å². The van der Waals surface area contributed by atoms with Gasteiger partial charge in [-0.15, -0.1) is 10.2 Å². The van der Waals surface area contributed by atoms with E-state index in [0.717, 1.165) is 19.4 Å². The van der Waals surface area contributed by atoms with Crippen molar-refractivity contribution in [2.75, 3.05) is 24.2 Å². The number of carbonyl (C=O) groups is 2. The van der Waals surface area contributed by atoms with Crippen molar-refractivity contribution in [2.45, 2.75) is 30.2 Å². The Morgan fingerprint density at radius 3 is 2.94 bits per heavy atom. The molecule has 1 aliphatic heterocycles. The highest BCUT2D eigenvalue weighted by Gasteiger charge is 2.24. The highest BCUT2D eigenvalue weighted by Crippen LogP contribution is 2.32. The van der Waals surface area contributed by atoms with Gasteiger partial charge in [0.2, 0.25) is 11.0 Å². The zero-order valence-corrected chi connectivity index (χ0v) is 19.5. The predicted octanol–water partition coefficient (Wildman–Crippen LogP) is 3.79. The second-order valence-corrected chi connectivity index (χ2v) is 9.60. The van der Waals surface area contributed by atoms with Gasteiger partial charge in [-0.3, -0.25) is 14.9 Å². The van der Waals surface area contributed by atoms with E-state index in [-0.39, 0.29) is 23.3 Å². The molecule has 3 heterocycles. The van der Waals surface area contributed by atoms with Crippen molar-refractivity contribution in [3.63, 3.8) is 0 Å². The first-order valence-corrected chi connectivity index (χ1v) is 12.1. The molecule has 2 aromatic heterocycles. The summed E-state index contributed by atoms with van der Waals surface area (Å²) in [4.78, 5) is 24.9. The van der Waals surface area contributed by atoms with Crippen LogP contribution in [0.25, 0.3) is 11.3 Å². The monoisotopic (exact) mass is 493 g/mol. The van der Waals surface area contributed by atoms with E-state index in [1.54, 1.807) is 31.2 Å². The van der Waals surface area contributed by atoms with Crippen LogP contribution in [0, 0.1) is 6.92 Å². The van der Waals surface area contributed by atoms with Crippen molar-refractivity contribution < 1.29 is 18.8 Å². The summed E-state index contributed by atoms with van der Waals surface area (Å²) in [5.74, 6) is 0.0346. The van der Waals surface area contributed by atoms with Crippen LogP contribution in [0.3, 0.4) is 0 Å². The molecule has 1 atom stereocenters. The number of benzene rings is 1. The van der Waals surface area contributed by atoms with Gasteiger partial charge < -0.3 is 14.6 Å². The Labute approximate surface area is 197 Å². The summed E-state index contributed by atoms with van der Waals surface area (Å²) in [6.45, 7) is 2.92. The molecule has 0 bridgehead atoms. The summed E-state index contributed by atoms with van der Waals surface area (Å²) in [5, 5.41) is 18.4. The van der Waals surface area contributed by atoms with Crippen LogP contribution >= 0.6 is 34.7 Å². The Kier molecular flexibility index (Phi) is 7.40. The maximum absolute atomic E-state index is 12.9. The fourth-order valence-corrected chi connectivity index (χ4v) is 4.97. The van der Waals surface area contributed by atoms with Gasteiger partial charge in [0.15, 0.2) is 4.34 Å². The Morgan fingerprint density at radius 2 is 2.16 bits per heavy atom.